The second kappa shape index (κ2) is 16.6. The Bertz CT molecular complexity index is 1160. The van der Waals surface area contributed by atoms with E-state index in [0.717, 1.165) is 17.1 Å². The Labute approximate surface area is 241 Å². The van der Waals surface area contributed by atoms with E-state index in [-0.39, 0.29) is 60.4 Å². The third-order valence-electron chi connectivity index (χ3n) is 4.98. The molecule has 1 aliphatic heterocycles. The molecular formula is C28H32O10S2. The molecule has 0 atom stereocenters. The summed E-state index contributed by atoms with van der Waals surface area (Å²) < 4.78 is 25.7. The molecule has 1 fully saturated rings. The van der Waals surface area contributed by atoms with Crippen molar-refractivity contribution in [1.82, 2.24) is 0 Å². The maximum absolute atomic E-state index is 12.9. The van der Waals surface area contributed by atoms with Crippen molar-refractivity contribution >= 4 is 53.4 Å². The van der Waals surface area contributed by atoms with Gasteiger partial charge in [-0.05, 0) is 32.0 Å². The van der Waals surface area contributed by atoms with Crippen LogP contribution in [0.5, 0.6) is 0 Å². The number of rotatable bonds is 12. The third kappa shape index (κ3) is 10.9. The average molecular weight is 593 g/mol. The van der Waals surface area contributed by atoms with E-state index in [1.165, 1.54) is 32.0 Å². The van der Waals surface area contributed by atoms with Crippen LogP contribution in [0.4, 0.5) is 0 Å². The van der Waals surface area contributed by atoms with Gasteiger partial charge >= 0.3 is 29.8 Å². The number of carbonyl (C=O) groups excluding carboxylic acids is 5. The summed E-state index contributed by atoms with van der Waals surface area (Å²) >= 11 is 3.24. The highest BCUT2D eigenvalue weighted by Gasteiger charge is 2.24. The van der Waals surface area contributed by atoms with Gasteiger partial charge in [0.25, 0.3) is 0 Å². The lowest BCUT2D eigenvalue weighted by atomic mass is 10.0. The Balaban J connectivity index is 2.14. The molecule has 1 aromatic carbocycles. The summed E-state index contributed by atoms with van der Waals surface area (Å²) in [6, 6.07) is 3.78. The highest BCUT2D eigenvalue weighted by Crippen LogP contribution is 2.23. The molecule has 1 aromatic rings. The summed E-state index contributed by atoms with van der Waals surface area (Å²) in [5, 5.41) is 0. The van der Waals surface area contributed by atoms with E-state index >= 15 is 0 Å². The van der Waals surface area contributed by atoms with Crippen molar-refractivity contribution in [2.24, 2.45) is 0 Å². The highest BCUT2D eigenvalue weighted by atomic mass is 32.2. The zero-order valence-electron chi connectivity index (χ0n) is 22.5. The van der Waals surface area contributed by atoms with Gasteiger partial charge in [-0.1, -0.05) is 25.3 Å². The summed E-state index contributed by atoms with van der Waals surface area (Å²) in [6.45, 7) is 12.8. The van der Waals surface area contributed by atoms with Crippen molar-refractivity contribution in [3.63, 3.8) is 0 Å². The van der Waals surface area contributed by atoms with E-state index in [2.05, 4.69) is 19.7 Å². The molecule has 216 valence electrons. The second-order valence-electron chi connectivity index (χ2n) is 8.67. The standard InChI is InChI=1S/C28H32O10S2/c1-17(2)24(29)34-8-10-36-27(32)22-7-6-20(26(31)38-21-15-39-13-19(5)14-40-16-21)12-23(22)28(33)37-11-9-35-25(30)18(3)4/h6-7,12,21H,1,3,5,8-11,13-16H2,2,4H3. The van der Waals surface area contributed by atoms with Crippen molar-refractivity contribution in [2.75, 3.05) is 49.4 Å². The predicted molar refractivity (Wildman–Crippen MR) is 152 cm³/mol. The lowest BCUT2D eigenvalue weighted by Gasteiger charge is -2.21. The van der Waals surface area contributed by atoms with Crippen molar-refractivity contribution in [2.45, 2.75) is 20.0 Å². The van der Waals surface area contributed by atoms with Gasteiger partial charge in [-0.2, -0.15) is 23.5 Å². The molecule has 1 saturated heterocycles. The molecule has 1 aliphatic rings. The van der Waals surface area contributed by atoms with Gasteiger partial charge in [0.2, 0.25) is 0 Å². The Morgan fingerprint density at radius 2 is 1.23 bits per heavy atom. The minimum absolute atomic E-state index is 0.0362. The average Bonchev–Trinajstić information content (AvgIpc) is 2.90. The second-order valence-corrected chi connectivity index (χ2v) is 10.7. The summed E-state index contributed by atoms with van der Waals surface area (Å²) in [6.07, 6.45) is -0.347. The van der Waals surface area contributed by atoms with Gasteiger partial charge in [0.15, 0.2) is 0 Å². The van der Waals surface area contributed by atoms with Gasteiger partial charge in [0.05, 0.1) is 16.7 Å². The number of carbonyl (C=O) groups is 5. The van der Waals surface area contributed by atoms with Crippen molar-refractivity contribution in [3.8, 4) is 0 Å². The molecular weight excluding hydrogens is 560 g/mol. The molecule has 0 N–H and O–H groups in total. The molecule has 1 heterocycles. The maximum Gasteiger partial charge on any atom is 0.339 e. The number of hydrogen-bond acceptors (Lipinski definition) is 12. The van der Waals surface area contributed by atoms with Gasteiger partial charge in [-0.3, -0.25) is 0 Å². The number of thioether (sulfide) groups is 2. The minimum Gasteiger partial charge on any atom is -0.459 e. The number of benzene rings is 1. The number of ether oxygens (including phenoxy) is 5. The Hall–Kier alpha value is -3.51. The fourth-order valence-electron chi connectivity index (χ4n) is 3.00. The predicted octanol–water partition coefficient (Wildman–Crippen LogP) is 3.80. The van der Waals surface area contributed by atoms with E-state index in [1.807, 2.05) is 0 Å². The molecule has 0 radical (unpaired) electrons. The van der Waals surface area contributed by atoms with Gasteiger partial charge in [-0.25, -0.2) is 24.0 Å². The molecule has 0 saturated carbocycles. The Kier molecular flexibility index (Phi) is 13.5. The quantitative estimate of drug-likeness (QED) is 0.115. The molecule has 0 bridgehead atoms. The van der Waals surface area contributed by atoms with Gasteiger partial charge in [0, 0.05) is 34.2 Å². The minimum atomic E-state index is -0.947. The summed E-state index contributed by atoms with van der Waals surface area (Å²) in [7, 11) is 0. The fourth-order valence-corrected chi connectivity index (χ4v) is 5.20. The van der Waals surface area contributed by atoms with E-state index < -0.39 is 29.8 Å². The van der Waals surface area contributed by atoms with Crippen molar-refractivity contribution in [3.05, 3.63) is 71.3 Å². The number of esters is 5. The van der Waals surface area contributed by atoms with Crippen LogP contribution in [-0.2, 0) is 33.3 Å². The van der Waals surface area contributed by atoms with E-state index in [1.54, 1.807) is 23.5 Å². The molecule has 0 aromatic heterocycles. The topological polar surface area (TPSA) is 132 Å². The largest absolute Gasteiger partial charge is 0.459 e. The van der Waals surface area contributed by atoms with Crippen LogP contribution in [0.2, 0.25) is 0 Å². The fraction of sp³-hybridized carbons (Fsp3) is 0.393. The summed E-state index contributed by atoms with van der Waals surface area (Å²) in [5.74, 6) is -1.05. The molecule has 0 amide bonds. The van der Waals surface area contributed by atoms with E-state index in [9.17, 15) is 24.0 Å². The van der Waals surface area contributed by atoms with Crippen LogP contribution < -0.4 is 0 Å². The van der Waals surface area contributed by atoms with Crippen LogP contribution in [0.25, 0.3) is 0 Å². The first-order valence-electron chi connectivity index (χ1n) is 12.2. The smallest absolute Gasteiger partial charge is 0.339 e. The van der Waals surface area contributed by atoms with Gasteiger partial charge in [-0.15, -0.1) is 0 Å². The van der Waals surface area contributed by atoms with E-state index in [4.69, 9.17) is 23.7 Å². The first kappa shape index (κ1) is 32.7. The molecule has 0 unspecified atom stereocenters. The highest BCUT2D eigenvalue weighted by molar-refractivity contribution is 8.01. The zero-order valence-corrected chi connectivity index (χ0v) is 24.1. The molecule has 2 rings (SSSR count). The van der Waals surface area contributed by atoms with Crippen LogP contribution in [-0.4, -0.2) is 85.4 Å². The molecule has 12 heteroatoms. The van der Waals surface area contributed by atoms with Crippen LogP contribution in [0.3, 0.4) is 0 Å². The van der Waals surface area contributed by atoms with Crippen LogP contribution in [0.1, 0.15) is 44.9 Å². The van der Waals surface area contributed by atoms with Crippen LogP contribution >= 0.6 is 23.5 Å². The maximum atomic E-state index is 12.9. The first-order chi connectivity index (χ1) is 19.0. The van der Waals surface area contributed by atoms with Gasteiger partial charge < -0.3 is 23.7 Å². The molecule has 0 spiro atoms. The van der Waals surface area contributed by atoms with Gasteiger partial charge in [0.1, 0.15) is 32.5 Å². The first-order valence-corrected chi connectivity index (χ1v) is 14.5. The van der Waals surface area contributed by atoms with Crippen LogP contribution in [0, 0.1) is 0 Å². The lowest BCUT2D eigenvalue weighted by molar-refractivity contribution is -0.140. The lowest BCUT2D eigenvalue weighted by Crippen LogP contribution is -2.25. The summed E-state index contributed by atoms with van der Waals surface area (Å²) in [4.78, 5) is 61.6. The molecule has 40 heavy (non-hydrogen) atoms. The van der Waals surface area contributed by atoms with Crippen LogP contribution in [0.15, 0.2) is 54.7 Å². The number of hydrogen-bond donors (Lipinski definition) is 0. The zero-order chi connectivity index (χ0) is 29.7. The summed E-state index contributed by atoms with van der Waals surface area (Å²) in [5.41, 5.74) is 1.10. The monoisotopic (exact) mass is 592 g/mol. The SMILES string of the molecule is C=C1CSCC(OC(=O)c2ccc(C(=O)OCCOC(=O)C(=C)C)c(C(=O)OCCOC(=O)C(=C)C)c2)CSC1. The molecule has 10 nitrogen and oxygen atoms in total. The normalized spacial score (nSPS) is 13.7. The van der Waals surface area contributed by atoms with E-state index in [0.29, 0.717) is 11.5 Å². The Morgan fingerprint density at radius 3 is 1.73 bits per heavy atom. The van der Waals surface area contributed by atoms with Crippen molar-refractivity contribution in [1.29, 1.82) is 0 Å². The Morgan fingerprint density at radius 1 is 0.750 bits per heavy atom. The third-order valence-corrected chi connectivity index (χ3v) is 7.42. The molecule has 0 aliphatic carbocycles. The van der Waals surface area contributed by atoms with Crippen molar-refractivity contribution < 1.29 is 47.7 Å².